The lowest BCUT2D eigenvalue weighted by atomic mass is 9.68. The van der Waals surface area contributed by atoms with Crippen LogP contribution in [0, 0.1) is 11.3 Å². The molecule has 1 unspecified atom stereocenters. The maximum atomic E-state index is 10.9. The molecule has 28 heavy (non-hydrogen) atoms. The first kappa shape index (κ1) is 26.0. The van der Waals surface area contributed by atoms with Crippen LogP contribution in [0.25, 0.3) is 0 Å². The zero-order chi connectivity index (χ0) is 21.7. The molecule has 0 aromatic carbocycles. The highest BCUT2D eigenvalue weighted by molar-refractivity contribution is 5.87. The Bertz CT molecular complexity index is 663. The van der Waals surface area contributed by atoms with Crippen molar-refractivity contribution in [1.82, 2.24) is 0 Å². The summed E-state index contributed by atoms with van der Waals surface area (Å²) in [7, 11) is 0. The van der Waals surface area contributed by atoms with E-state index in [-0.39, 0.29) is 11.6 Å². The smallest absolute Gasteiger partial charge is 0.152 e. The number of allylic oxidation sites excluding steroid dienone is 10. The summed E-state index contributed by atoms with van der Waals surface area (Å²) in [5.41, 5.74) is 4.36. The van der Waals surface area contributed by atoms with Gasteiger partial charge in [0.15, 0.2) is 11.6 Å². The van der Waals surface area contributed by atoms with Gasteiger partial charge in [-0.05, 0) is 84.8 Å². The van der Waals surface area contributed by atoms with Crippen LogP contribution < -0.4 is 0 Å². The Morgan fingerprint density at radius 2 is 1.68 bits per heavy atom. The van der Waals surface area contributed by atoms with Crippen LogP contribution in [0.15, 0.2) is 59.3 Å². The van der Waals surface area contributed by atoms with Crippen molar-refractivity contribution in [3.8, 4) is 0 Å². The molecule has 0 aromatic heterocycles. The maximum Gasteiger partial charge on any atom is 0.152 e. The summed E-state index contributed by atoms with van der Waals surface area (Å²) >= 11 is 0. The fourth-order valence-corrected chi connectivity index (χ4v) is 3.23. The molecule has 2 nitrogen and oxygen atoms in total. The molecule has 0 aromatic rings. The van der Waals surface area contributed by atoms with Crippen LogP contribution in [0.2, 0.25) is 0 Å². The van der Waals surface area contributed by atoms with Gasteiger partial charge in [-0.2, -0.15) is 0 Å². The van der Waals surface area contributed by atoms with Crippen LogP contribution in [0.1, 0.15) is 81.1 Å². The third-order valence-corrected chi connectivity index (χ3v) is 4.91. The summed E-state index contributed by atoms with van der Waals surface area (Å²) in [4.78, 5) is 21.5. The molecule has 0 N–H and O–H groups in total. The molecule has 0 spiro atoms. The van der Waals surface area contributed by atoms with Gasteiger partial charge in [-0.25, -0.2) is 0 Å². The second-order valence-electron chi connectivity index (χ2n) is 8.73. The van der Waals surface area contributed by atoms with Crippen molar-refractivity contribution in [2.45, 2.75) is 81.1 Å². The van der Waals surface area contributed by atoms with E-state index < -0.39 is 0 Å². The van der Waals surface area contributed by atoms with Crippen LogP contribution in [0.4, 0.5) is 0 Å². The lowest BCUT2D eigenvalue weighted by Crippen LogP contribution is -2.26. The fraction of sp³-hybridized carbons (Fsp3) is 0.538. The van der Waals surface area contributed by atoms with Crippen LogP contribution >= 0.6 is 0 Å². The molecular formula is C26H40O2. The standard InChI is InChI=1S/2C13H20O/c1-10-6-5-9-13(3,4)12(10)8-7-11(2)14;1-11(2)7-5-8-12(3)9-6-10-13(4)14/h6-8,12H,5,9H2,1-4H3;6-7,9-10H,5,8H2,1-4H3/b8-7+;10-6+,12-9+. The Labute approximate surface area is 173 Å². The largest absolute Gasteiger partial charge is 0.295 e. The molecule has 0 aliphatic heterocycles. The van der Waals surface area contributed by atoms with Crippen molar-refractivity contribution in [1.29, 1.82) is 0 Å². The van der Waals surface area contributed by atoms with Crippen molar-refractivity contribution < 1.29 is 9.59 Å². The van der Waals surface area contributed by atoms with Gasteiger partial charge in [-0.15, -0.1) is 0 Å². The Morgan fingerprint density at radius 1 is 1.07 bits per heavy atom. The second-order valence-corrected chi connectivity index (χ2v) is 8.73. The van der Waals surface area contributed by atoms with Crippen molar-refractivity contribution in [2.24, 2.45) is 11.3 Å². The minimum absolute atomic E-state index is 0.0957. The van der Waals surface area contributed by atoms with Crippen molar-refractivity contribution in [2.75, 3.05) is 0 Å². The van der Waals surface area contributed by atoms with Crippen LogP contribution in [0.3, 0.4) is 0 Å². The van der Waals surface area contributed by atoms with Gasteiger partial charge in [0, 0.05) is 5.92 Å². The average Bonchev–Trinajstić information content (AvgIpc) is 2.53. The molecule has 156 valence electrons. The predicted molar refractivity (Wildman–Crippen MR) is 122 cm³/mol. The third-order valence-electron chi connectivity index (χ3n) is 4.91. The molecule has 2 heteroatoms. The Hall–Kier alpha value is -1.96. The quantitative estimate of drug-likeness (QED) is 0.261. The van der Waals surface area contributed by atoms with E-state index in [4.69, 9.17) is 0 Å². The van der Waals surface area contributed by atoms with Gasteiger partial charge in [0.05, 0.1) is 0 Å². The van der Waals surface area contributed by atoms with Crippen LogP contribution in [-0.2, 0) is 9.59 Å². The first-order valence-electron chi connectivity index (χ1n) is 10.3. The number of hydrogen-bond acceptors (Lipinski definition) is 2. The van der Waals surface area contributed by atoms with Crippen molar-refractivity contribution in [3.05, 3.63) is 59.3 Å². The number of rotatable bonds is 7. The number of carbonyl (C=O) groups is 2. The molecule has 0 saturated heterocycles. The molecule has 0 radical (unpaired) electrons. The third kappa shape index (κ3) is 12.4. The summed E-state index contributed by atoms with van der Waals surface area (Å²) in [6.45, 7) is 16.2. The van der Waals surface area contributed by atoms with E-state index in [2.05, 4.69) is 59.8 Å². The van der Waals surface area contributed by atoms with Gasteiger partial charge in [-0.3, -0.25) is 9.59 Å². The zero-order valence-electron chi connectivity index (χ0n) is 19.3. The van der Waals surface area contributed by atoms with E-state index in [1.165, 1.54) is 29.6 Å². The minimum Gasteiger partial charge on any atom is -0.295 e. The van der Waals surface area contributed by atoms with E-state index in [0.717, 1.165) is 12.8 Å². The van der Waals surface area contributed by atoms with Gasteiger partial charge in [0.1, 0.15) is 0 Å². The summed E-state index contributed by atoms with van der Waals surface area (Å²) in [6, 6.07) is 0. The molecular weight excluding hydrogens is 344 g/mol. The maximum absolute atomic E-state index is 10.9. The van der Waals surface area contributed by atoms with E-state index in [9.17, 15) is 9.59 Å². The Morgan fingerprint density at radius 3 is 2.18 bits per heavy atom. The van der Waals surface area contributed by atoms with Crippen molar-refractivity contribution >= 4 is 11.6 Å². The van der Waals surface area contributed by atoms with Gasteiger partial charge in [0.2, 0.25) is 0 Å². The Kier molecular flexibility index (Phi) is 12.3. The van der Waals surface area contributed by atoms with Gasteiger partial charge in [0.25, 0.3) is 0 Å². The normalized spacial score (nSPS) is 19.1. The molecule has 0 heterocycles. The monoisotopic (exact) mass is 384 g/mol. The predicted octanol–water partition coefficient (Wildman–Crippen LogP) is 7.34. The number of hydrogen-bond donors (Lipinski definition) is 0. The molecule has 1 aliphatic carbocycles. The molecule has 0 amide bonds. The van der Waals surface area contributed by atoms with E-state index in [0.29, 0.717) is 11.3 Å². The zero-order valence-corrected chi connectivity index (χ0v) is 19.3. The lowest BCUT2D eigenvalue weighted by Gasteiger charge is -2.36. The molecule has 0 saturated carbocycles. The SMILES string of the molecule is CC(=O)/C=C/C1C(C)=CCCC1(C)C.CC(=O)/C=C/C=C(\C)CCC=C(C)C. The summed E-state index contributed by atoms with van der Waals surface area (Å²) in [5.74, 6) is 0.665. The highest BCUT2D eigenvalue weighted by atomic mass is 16.1. The Balaban J connectivity index is 0.000000521. The minimum atomic E-state index is 0.0957. The topological polar surface area (TPSA) is 34.1 Å². The number of ketones is 2. The molecule has 1 aliphatic rings. The average molecular weight is 385 g/mol. The van der Waals surface area contributed by atoms with Gasteiger partial charge < -0.3 is 0 Å². The highest BCUT2D eigenvalue weighted by Gasteiger charge is 2.30. The summed E-state index contributed by atoms with van der Waals surface area (Å²) in [6.07, 6.45) is 18.2. The van der Waals surface area contributed by atoms with E-state index in [1.54, 1.807) is 26.0 Å². The highest BCUT2D eigenvalue weighted by Crippen LogP contribution is 2.41. The van der Waals surface area contributed by atoms with E-state index in [1.807, 2.05) is 12.2 Å². The number of carbonyl (C=O) groups excluding carboxylic acids is 2. The molecule has 0 bridgehead atoms. The van der Waals surface area contributed by atoms with Gasteiger partial charge in [-0.1, -0.05) is 60.9 Å². The van der Waals surface area contributed by atoms with Crippen LogP contribution in [-0.4, -0.2) is 11.6 Å². The van der Waals surface area contributed by atoms with E-state index >= 15 is 0 Å². The summed E-state index contributed by atoms with van der Waals surface area (Å²) < 4.78 is 0. The first-order valence-corrected chi connectivity index (χ1v) is 10.3. The summed E-state index contributed by atoms with van der Waals surface area (Å²) in [5, 5.41) is 0. The molecule has 1 rings (SSSR count). The molecule has 0 fully saturated rings. The van der Waals surface area contributed by atoms with Crippen LogP contribution in [0.5, 0.6) is 0 Å². The lowest BCUT2D eigenvalue weighted by molar-refractivity contribution is -0.113. The van der Waals surface area contributed by atoms with Gasteiger partial charge >= 0.3 is 0 Å². The second kappa shape index (κ2) is 13.3. The van der Waals surface area contributed by atoms with Crippen molar-refractivity contribution in [3.63, 3.8) is 0 Å². The first-order chi connectivity index (χ1) is 13.0. The fourth-order valence-electron chi connectivity index (χ4n) is 3.23. The molecule has 1 atom stereocenters.